The van der Waals surface area contributed by atoms with Crippen molar-refractivity contribution in [1.29, 1.82) is 0 Å². The van der Waals surface area contributed by atoms with Crippen LogP contribution in [0.2, 0.25) is 0 Å². The van der Waals surface area contributed by atoms with Crippen molar-refractivity contribution in [3.8, 4) is 5.75 Å². The van der Waals surface area contributed by atoms with Gasteiger partial charge in [0.15, 0.2) is 0 Å². The molecule has 1 aliphatic heterocycles. The second-order valence-corrected chi connectivity index (χ2v) is 7.52. The van der Waals surface area contributed by atoms with Gasteiger partial charge >= 0.3 is 0 Å². The van der Waals surface area contributed by atoms with Crippen LogP contribution in [0.5, 0.6) is 5.75 Å². The van der Waals surface area contributed by atoms with Crippen LogP contribution in [0.25, 0.3) is 0 Å². The summed E-state index contributed by atoms with van der Waals surface area (Å²) in [6, 6.07) is 18.1. The van der Waals surface area contributed by atoms with Crippen molar-refractivity contribution in [3.63, 3.8) is 0 Å². The fourth-order valence-corrected chi connectivity index (χ4v) is 3.66. The monoisotopic (exact) mass is 368 g/mol. The Morgan fingerprint density at radius 2 is 1.81 bits per heavy atom. The molecule has 2 aromatic rings. The SMILES string of the molecule is CN(Cc1cccc(OCCN2CCCCC2)c1)CC(O)c1ccccc1. The van der Waals surface area contributed by atoms with E-state index in [0.29, 0.717) is 6.54 Å². The van der Waals surface area contributed by atoms with E-state index in [1.807, 2.05) is 49.5 Å². The lowest BCUT2D eigenvalue weighted by molar-refractivity contribution is 0.124. The van der Waals surface area contributed by atoms with Gasteiger partial charge in [0.1, 0.15) is 12.4 Å². The molecule has 1 fully saturated rings. The third kappa shape index (κ3) is 6.65. The van der Waals surface area contributed by atoms with E-state index in [1.165, 1.54) is 37.9 Å². The van der Waals surface area contributed by atoms with Gasteiger partial charge in [0.05, 0.1) is 6.10 Å². The molecule has 146 valence electrons. The molecule has 1 saturated heterocycles. The van der Waals surface area contributed by atoms with Crippen LogP contribution in [0.4, 0.5) is 0 Å². The molecule has 4 heteroatoms. The highest BCUT2D eigenvalue weighted by atomic mass is 16.5. The van der Waals surface area contributed by atoms with Crippen LogP contribution in [0.15, 0.2) is 54.6 Å². The molecule has 0 amide bonds. The van der Waals surface area contributed by atoms with Crippen molar-refractivity contribution in [3.05, 3.63) is 65.7 Å². The molecular weight excluding hydrogens is 336 g/mol. The highest BCUT2D eigenvalue weighted by Crippen LogP contribution is 2.18. The van der Waals surface area contributed by atoms with E-state index in [0.717, 1.165) is 31.0 Å². The minimum Gasteiger partial charge on any atom is -0.492 e. The Morgan fingerprint density at radius 1 is 1.04 bits per heavy atom. The van der Waals surface area contributed by atoms with Crippen LogP contribution in [0.1, 0.15) is 36.5 Å². The summed E-state index contributed by atoms with van der Waals surface area (Å²) in [6.45, 7) is 5.55. The first-order chi connectivity index (χ1) is 13.2. The van der Waals surface area contributed by atoms with Crippen LogP contribution >= 0.6 is 0 Å². The van der Waals surface area contributed by atoms with Crippen molar-refractivity contribution in [2.75, 3.05) is 39.8 Å². The molecular formula is C23H32N2O2. The van der Waals surface area contributed by atoms with Gasteiger partial charge in [-0.1, -0.05) is 48.9 Å². The molecule has 0 aliphatic carbocycles. The maximum atomic E-state index is 10.4. The zero-order chi connectivity index (χ0) is 18.9. The first-order valence-electron chi connectivity index (χ1n) is 10.1. The zero-order valence-electron chi connectivity index (χ0n) is 16.4. The van der Waals surface area contributed by atoms with E-state index in [-0.39, 0.29) is 0 Å². The molecule has 1 unspecified atom stereocenters. The van der Waals surface area contributed by atoms with Gasteiger partial charge in [-0.15, -0.1) is 0 Å². The zero-order valence-corrected chi connectivity index (χ0v) is 16.4. The molecule has 0 bridgehead atoms. The summed E-state index contributed by atoms with van der Waals surface area (Å²) in [5, 5.41) is 10.4. The highest BCUT2D eigenvalue weighted by Gasteiger charge is 2.12. The van der Waals surface area contributed by atoms with Crippen molar-refractivity contribution >= 4 is 0 Å². The summed E-state index contributed by atoms with van der Waals surface area (Å²) in [5.41, 5.74) is 2.16. The van der Waals surface area contributed by atoms with Crippen LogP contribution in [-0.2, 0) is 6.54 Å². The molecule has 0 radical (unpaired) electrons. The first kappa shape index (κ1) is 19.9. The van der Waals surface area contributed by atoms with Crippen LogP contribution in [0, 0.1) is 0 Å². The molecule has 3 rings (SSSR count). The average molecular weight is 369 g/mol. The fraction of sp³-hybridized carbons (Fsp3) is 0.478. The molecule has 0 spiro atoms. The number of nitrogens with zero attached hydrogens (tertiary/aromatic N) is 2. The summed E-state index contributed by atoms with van der Waals surface area (Å²) < 4.78 is 5.97. The second-order valence-electron chi connectivity index (χ2n) is 7.52. The van der Waals surface area contributed by atoms with Crippen molar-refractivity contribution in [2.24, 2.45) is 0 Å². The van der Waals surface area contributed by atoms with Gasteiger partial charge < -0.3 is 9.84 Å². The number of aliphatic hydroxyl groups is 1. The molecule has 1 N–H and O–H groups in total. The maximum Gasteiger partial charge on any atom is 0.119 e. The number of ether oxygens (including phenoxy) is 1. The predicted octanol–water partition coefficient (Wildman–Crippen LogP) is 3.72. The predicted molar refractivity (Wildman–Crippen MR) is 110 cm³/mol. The normalized spacial score (nSPS) is 16.4. The largest absolute Gasteiger partial charge is 0.492 e. The van der Waals surface area contributed by atoms with Gasteiger partial charge in [-0.2, -0.15) is 0 Å². The van der Waals surface area contributed by atoms with E-state index in [2.05, 4.69) is 21.9 Å². The summed E-state index contributed by atoms with van der Waals surface area (Å²) in [6.07, 6.45) is 3.53. The fourth-order valence-electron chi connectivity index (χ4n) is 3.66. The van der Waals surface area contributed by atoms with Crippen molar-refractivity contribution in [1.82, 2.24) is 9.80 Å². The number of hydrogen-bond donors (Lipinski definition) is 1. The Labute approximate surface area is 163 Å². The molecule has 0 saturated carbocycles. The number of benzene rings is 2. The number of piperidine rings is 1. The Balaban J connectivity index is 1.45. The number of likely N-dealkylation sites (tertiary alicyclic amines) is 1. The minimum absolute atomic E-state index is 0.472. The van der Waals surface area contributed by atoms with E-state index in [1.54, 1.807) is 0 Å². The maximum absolute atomic E-state index is 10.4. The van der Waals surface area contributed by atoms with Gasteiger partial charge in [0.25, 0.3) is 0 Å². The number of hydrogen-bond acceptors (Lipinski definition) is 4. The lowest BCUT2D eigenvalue weighted by Gasteiger charge is -2.26. The Kier molecular flexibility index (Phi) is 7.69. The molecule has 1 heterocycles. The van der Waals surface area contributed by atoms with Crippen LogP contribution < -0.4 is 4.74 Å². The lowest BCUT2D eigenvalue weighted by Crippen LogP contribution is -2.33. The smallest absolute Gasteiger partial charge is 0.119 e. The van der Waals surface area contributed by atoms with E-state index in [9.17, 15) is 5.11 Å². The van der Waals surface area contributed by atoms with Crippen molar-refractivity contribution < 1.29 is 9.84 Å². The van der Waals surface area contributed by atoms with Gasteiger partial charge in [0.2, 0.25) is 0 Å². The lowest BCUT2D eigenvalue weighted by atomic mass is 10.1. The molecule has 0 aromatic heterocycles. The molecule has 2 aromatic carbocycles. The van der Waals surface area contributed by atoms with Gasteiger partial charge in [-0.3, -0.25) is 9.80 Å². The molecule has 1 aliphatic rings. The summed E-state index contributed by atoms with van der Waals surface area (Å²) in [4.78, 5) is 4.64. The quantitative estimate of drug-likeness (QED) is 0.732. The molecule has 27 heavy (non-hydrogen) atoms. The third-order valence-corrected chi connectivity index (χ3v) is 5.14. The average Bonchev–Trinajstić information content (AvgIpc) is 2.70. The van der Waals surface area contributed by atoms with Gasteiger partial charge in [-0.25, -0.2) is 0 Å². The minimum atomic E-state index is -0.472. The number of likely N-dealkylation sites (N-methyl/N-ethyl adjacent to an activating group) is 1. The van der Waals surface area contributed by atoms with Gasteiger partial charge in [-0.05, 0) is 56.2 Å². The van der Waals surface area contributed by atoms with Crippen LogP contribution in [-0.4, -0.2) is 54.7 Å². The molecule has 1 atom stereocenters. The summed E-state index contributed by atoms with van der Waals surface area (Å²) in [7, 11) is 2.04. The molecule has 4 nitrogen and oxygen atoms in total. The standard InChI is InChI=1S/C23H32N2O2/c1-24(19-23(26)21-10-4-2-5-11-21)18-20-9-8-12-22(17-20)27-16-15-25-13-6-3-7-14-25/h2,4-5,8-12,17,23,26H,3,6-7,13-16,18-19H2,1H3. The third-order valence-electron chi connectivity index (χ3n) is 5.14. The Morgan fingerprint density at radius 3 is 2.59 bits per heavy atom. The summed E-state index contributed by atoms with van der Waals surface area (Å²) >= 11 is 0. The van der Waals surface area contributed by atoms with Crippen molar-refractivity contribution in [2.45, 2.75) is 31.9 Å². The van der Waals surface area contributed by atoms with Gasteiger partial charge in [0, 0.05) is 19.6 Å². The van der Waals surface area contributed by atoms with Crippen LogP contribution in [0.3, 0.4) is 0 Å². The Bertz CT molecular complexity index is 671. The highest BCUT2D eigenvalue weighted by molar-refractivity contribution is 5.28. The first-order valence-corrected chi connectivity index (χ1v) is 10.1. The number of aliphatic hydroxyl groups excluding tert-OH is 1. The Hall–Kier alpha value is -1.88. The van der Waals surface area contributed by atoms with E-state index < -0.39 is 6.10 Å². The second kappa shape index (κ2) is 10.5. The van der Waals surface area contributed by atoms with E-state index in [4.69, 9.17) is 4.74 Å². The number of rotatable bonds is 9. The van der Waals surface area contributed by atoms with E-state index >= 15 is 0 Å². The topological polar surface area (TPSA) is 35.9 Å². The summed E-state index contributed by atoms with van der Waals surface area (Å²) in [5.74, 6) is 0.932.